The average Bonchev–Trinajstić information content (AvgIpc) is 2.45. The van der Waals surface area contributed by atoms with Gasteiger partial charge in [-0.2, -0.15) is 0 Å². The second-order valence-corrected chi connectivity index (χ2v) is 4.08. The third-order valence-electron chi connectivity index (χ3n) is 2.77. The molecule has 0 unspecified atom stereocenters. The summed E-state index contributed by atoms with van der Waals surface area (Å²) in [4.78, 5) is 16.2. The number of nitrogens with two attached hydrogens (primary N) is 1. The SMILES string of the molecule is CCCOC(=O)c1cc(OC)c2cccnc2c1N. The zero-order valence-electron chi connectivity index (χ0n) is 11.0. The molecule has 0 amide bonds. The van der Waals surface area contributed by atoms with Crippen molar-refractivity contribution in [2.24, 2.45) is 0 Å². The second-order valence-electron chi connectivity index (χ2n) is 4.08. The molecule has 0 radical (unpaired) electrons. The Labute approximate surface area is 111 Å². The van der Waals surface area contributed by atoms with Gasteiger partial charge in [-0.05, 0) is 24.6 Å². The lowest BCUT2D eigenvalue weighted by atomic mass is 10.1. The highest BCUT2D eigenvalue weighted by Gasteiger charge is 2.17. The Kier molecular flexibility index (Phi) is 3.85. The lowest BCUT2D eigenvalue weighted by Crippen LogP contribution is -2.10. The fourth-order valence-corrected chi connectivity index (χ4v) is 1.84. The van der Waals surface area contributed by atoms with Crippen molar-refractivity contribution in [3.8, 4) is 5.75 Å². The van der Waals surface area contributed by atoms with E-state index in [1.54, 1.807) is 25.4 Å². The summed E-state index contributed by atoms with van der Waals surface area (Å²) in [5.74, 6) is 0.103. The van der Waals surface area contributed by atoms with Crippen molar-refractivity contribution >= 4 is 22.6 Å². The Morgan fingerprint density at radius 1 is 1.47 bits per heavy atom. The molecule has 0 fully saturated rings. The number of pyridine rings is 1. The number of nitrogen functional groups attached to an aromatic ring is 1. The maximum Gasteiger partial charge on any atom is 0.340 e. The number of aromatic nitrogens is 1. The van der Waals surface area contributed by atoms with Gasteiger partial charge in [0.25, 0.3) is 0 Å². The Bertz CT molecular complexity index is 611. The summed E-state index contributed by atoms with van der Waals surface area (Å²) in [6, 6.07) is 5.23. The number of carbonyl (C=O) groups is 1. The van der Waals surface area contributed by atoms with Gasteiger partial charge in [-0.3, -0.25) is 4.98 Å². The Morgan fingerprint density at radius 3 is 2.95 bits per heavy atom. The molecule has 0 aliphatic rings. The molecule has 1 aromatic carbocycles. The minimum atomic E-state index is -0.454. The molecule has 0 atom stereocenters. The molecule has 5 nitrogen and oxygen atoms in total. The summed E-state index contributed by atoms with van der Waals surface area (Å²) in [6.07, 6.45) is 2.38. The first-order chi connectivity index (χ1) is 9.19. The fraction of sp³-hybridized carbons (Fsp3) is 0.286. The number of carbonyl (C=O) groups excluding carboxylic acids is 1. The first kappa shape index (κ1) is 13.1. The third-order valence-corrected chi connectivity index (χ3v) is 2.77. The maximum absolute atomic E-state index is 12.0. The normalized spacial score (nSPS) is 10.4. The number of rotatable bonds is 4. The number of esters is 1. The topological polar surface area (TPSA) is 74.4 Å². The van der Waals surface area contributed by atoms with Crippen molar-refractivity contribution in [2.75, 3.05) is 19.5 Å². The summed E-state index contributed by atoms with van der Waals surface area (Å²) in [5.41, 5.74) is 7.15. The van der Waals surface area contributed by atoms with Crippen molar-refractivity contribution in [3.05, 3.63) is 30.0 Å². The average molecular weight is 260 g/mol. The predicted octanol–water partition coefficient (Wildman–Crippen LogP) is 2.39. The van der Waals surface area contributed by atoms with E-state index in [0.29, 0.717) is 23.6 Å². The van der Waals surface area contributed by atoms with Crippen LogP contribution in [0.1, 0.15) is 23.7 Å². The van der Waals surface area contributed by atoms with Gasteiger partial charge >= 0.3 is 5.97 Å². The van der Waals surface area contributed by atoms with Crippen molar-refractivity contribution in [3.63, 3.8) is 0 Å². The van der Waals surface area contributed by atoms with Crippen LogP contribution < -0.4 is 10.5 Å². The standard InChI is InChI=1S/C14H16N2O3/c1-3-7-19-14(17)10-8-11(18-2)9-5-4-6-16-13(9)12(10)15/h4-6,8H,3,7,15H2,1-2H3. The number of methoxy groups -OCH3 is 1. The van der Waals surface area contributed by atoms with Crippen molar-refractivity contribution < 1.29 is 14.3 Å². The Balaban J connectivity index is 2.56. The van der Waals surface area contributed by atoms with Crippen LogP contribution in [0.15, 0.2) is 24.4 Å². The summed E-state index contributed by atoms with van der Waals surface area (Å²) in [6.45, 7) is 2.29. The van der Waals surface area contributed by atoms with E-state index in [1.807, 2.05) is 13.0 Å². The smallest absolute Gasteiger partial charge is 0.340 e. The molecule has 0 spiro atoms. The zero-order valence-corrected chi connectivity index (χ0v) is 11.0. The van der Waals surface area contributed by atoms with Crippen LogP contribution in [-0.4, -0.2) is 24.7 Å². The molecule has 2 N–H and O–H groups in total. The highest BCUT2D eigenvalue weighted by atomic mass is 16.5. The van der Waals surface area contributed by atoms with Crippen LogP contribution in [0.4, 0.5) is 5.69 Å². The van der Waals surface area contributed by atoms with E-state index in [1.165, 1.54) is 0 Å². The molecular weight excluding hydrogens is 244 g/mol. The van der Waals surface area contributed by atoms with E-state index in [4.69, 9.17) is 15.2 Å². The highest BCUT2D eigenvalue weighted by molar-refractivity contribution is 6.06. The van der Waals surface area contributed by atoms with Gasteiger partial charge in [-0.25, -0.2) is 4.79 Å². The molecule has 5 heteroatoms. The van der Waals surface area contributed by atoms with Crippen molar-refractivity contribution in [1.82, 2.24) is 4.98 Å². The molecule has 0 aliphatic heterocycles. The van der Waals surface area contributed by atoms with Gasteiger partial charge in [-0.1, -0.05) is 6.92 Å². The maximum atomic E-state index is 12.0. The number of hydrogen-bond donors (Lipinski definition) is 1. The van der Waals surface area contributed by atoms with Crippen LogP contribution in [0.2, 0.25) is 0 Å². The van der Waals surface area contributed by atoms with Crippen molar-refractivity contribution in [1.29, 1.82) is 0 Å². The van der Waals surface area contributed by atoms with E-state index in [9.17, 15) is 4.79 Å². The number of ether oxygens (including phenoxy) is 2. The van der Waals surface area contributed by atoms with E-state index in [0.717, 1.165) is 11.8 Å². The predicted molar refractivity (Wildman–Crippen MR) is 73.3 cm³/mol. The largest absolute Gasteiger partial charge is 0.496 e. The molecule has 0 saturated carbocycles. The molecule has 0 aliphatic carbocycles. The van der Waals surface area contributed by atoms with E-state index < -0.39 is 5.97 Å². The third kappa shape index (κ3) is 2.45. The lowest BCUT2D eigenvalue weighted by molar-refractivity contribution is 0.0506. The van der Waals surface area contributed by atoms with Gasteiger partial charge in [0.15, 0.2) is 0 Å². The minimum Gasteiger partial charge on any atom is -0.496 e. The summed E-state index contributed by atoms with van der Waals surface area (Å²) >= 11 is 0. The van der Waals surface area contributed by atoms with Gasteiger partial charge in [0.05, 0.1) is 30.5 Å². The monoisotopic (exact) mass is 260 g/mol. The van der Waals surface area contributed by atoms with E-state index in [2.05, 4.69) is 4.98 Å². The van der Waals surface area contributed by atoms with Crippen LogP contribution in [0.25, 0.3) is 10.9 Å². The van der Waals surface area contributed by atoms with Crippen LogP contribution in [-0.2, 0) is 4.74 Å². The molecule has 1 aromatic heterocycles. The summed E-state index contributed by atoms with van der Waals surface area (Å²) in [7, 11) is 1.54. The molecule has 2 rings (SSSR count). The van der Waals surface area contributed by atoms with Gasteiger partial charge in [0.2, 0.25) is 0 Å². The number of hydrogen-bond acceptors (Lipinski definition) is 5. The Hall–Kier alpha value is -2.30. The van der Waals surface area contributed by atoms with Crippen LogP contribution in [0, 0.1) is 0 Å². The first-order valence-corrected chi connectivity index (χ1v) is 6.07. The number of fused-ring (bicyclic) bond motifs is 1. The van der Waals surface area contributed by atoms with E-state index >= 15 is 0 Å². The van der Waals surface area contributed by atoms with Crippen LogP contribution >= 0.6 is 0 Å². The summed E-state index contributed by atoms with van der Waals surface area (Å²) in [5, 5.41) is 0.773. The van der Waals surface area contributed by atoms with Crippen LogP contribution in [0.3, 0.4) is 0 Å². The lowest BCUT2D eigenvalue weighted by Gasteiger charge is -2.11. The minimum absolute atomic E-state index is 0.288. The molecule has 0 bridgehead atoms. The highest BCUT2D eigenvalue weighted by Crippen LogP contribution is 2.32. The second kappa shape index (κ2) is 5.56. The molecule has 19 heavy (non-hydrogen) atoms. The van der Waals surface area contributed by atoms with Crippen molar-refractivity contribution in [2.45, 2.75) is 13.3 Å². The van der Waals surface area contributed by atoms with Gasteiger partial charge in [0.1, 0.15) is 5.75 Å². The molecular formula is C14H16N2O3. The number of nitrogens with zero attached hydrogens (tertiary/aromatic N) is 1. The quantitative estimate of drug-likeness (QED) is 0.675. The van der Waals surface area contributed by atoms with Gasteiger partial charge < -0.3 is 15.2 Å². The summed E-state index contributed by atoms with van der Waals surface area (Å²) < 4.78 is 10.4. The zero-order chi connectivity index (χ0) is 13.8. The number of benzene rings is 1. The number of anilines is 1. The molecule has 1 heterocycles. The van der Waals surface area contributed by atoms with Gasteiger partial charge in [0, 0.05) is 11.6 Å². The Morgan fingerprint density at radius 2 is 2.26 bits per heavy atom. The molecule has 2 aromatic rings. The van der Waals surface area contributed by atoms with Gasteiger partial charge in [-0.15, -0.1) is 0 Å². The fourth-order valence-electron chi connectivity index (χ4n) is 1.84. The molecule has 0 saturated heterocycles. The van der Waals surface area contributed by atoms with Crippen LogP contribution in [0.5, 0.6) is 5.75 Å². The van der Waals surface area contributed by atoms with E-state index in [-0.39, 0.29) is 5.56 Å². The molecule has 100 valence electrons. The first-order valence-electron chi connectivity index (χ1n) is 6.07.